The summed E-state index contributed by atoms with van der Waals surface area (Å²) in [6.45, 7) is 0.331. The second-order valence-corrected chi connectivity index (χ2v) is 4.06. The number of ether oxygens (including phenoxy) is 1. The second-order valence-electron chi connectivity index (χ2n) is 3.22. The summed E-state index contributed by atoms with van der Waals surface area (Å²) in [6, 6.07) is 7.41. The van der Waals surface area contributed by atoms with Crippen molar-refractivity contribution in [3.63, 3.8) is 0 Å². The van der Waals surface area contributed by atoms with Crippen molar-refractivity contribution in [2.24, 2.45) is 11.5 Å². The number of hydrogen-bond acceptors (Lipinski definition) is 3. The van der Waals surface area contributed by atoms with Gasteiger partial charge in [-0.05, 0) is 36.3 Å². The Hall–Kier alpha value is -0.840. The SMILES string of the molecule is NC(=S)OCC(N)Cc1ccc(Cl)cc1. The molecule has 1 rings (SSSR count). The van der Waals surface area contributed by atoms with Crippen LogP contribution in [0.2, 0.25) is 5.02 Å². The van der Waals surface area contributed by atoms with E-state index in [-0.39, 0.29) is 11.2 Å². The lowest BCUT2D eigenvalue weighted by molar-refractivity contribution is 0.278. The van der Waals surface area contributed by atoms with Crippen LogP contribution in [0, 0.1) is 0 Å². The maximum Gasteiger partial charge on any atom is 0.254 e. The van der Waals surface area contributed by atoms with Crippen LogP contribution in [0.3, 0.4) is 0 Å². The zero-order valence-corrected chi connectivity index (χ0v) is 9.72. The van der Waals surface area contributed by atoms with E-state index < -0.39 is 0 Å². The zero-order chi connectivity index (χ0) is 11.3. The minimum Gasteiger partial charge on any atom is -0.470 e. The Kier molecular flexibility index (Phi) is 4.81. The molecule has 4 N–H and O–H groups in total. The first-order valence-electron chi connectivity index (χ1n) is 4.50. The van der Waals surface area contributed by atoms with Gasteiger partial charge < -0.3 is 16.2 Å². The van der Waals surface area contributed by atoms with Gasteiger partial charge in [0.2, 0.25) is 0 Å². The summed E-state index contributed by atoms with van der Waals surface area (Å²) in [5.41, 5.74) is 12.1. The molecule has 0 saturated heterocycles. The fourth-order valence-electron chi connectivity index (χ4n) is 1.17. The van der Waals surface area contributed by atoms with Crippen molar-refractivity contribution in [1.82, 2.24) is 0 Å². The van der Waals surface area contributed by atoms with Crippen molar-refractivity contribution in [3.8, 4) is 0 Å². The summed E-state index contributed by atoms with van der Waals surface area (Å²) in [4.78, 5) is 0. The fourth-order valence-corrected chi connectivity index (χ4v) is 1.37. The molecule has 0 fully saturated rings. The van der Waals surface area contributed by atoms with Gasteiger partial charge in [-0.25, -0.2) is 0 Å². The molecule has 1 atom stereocenters. The lowest BCUT2D eigenvalue weighted by Gasteiger charge is -2.11. The standard InChI is InChI=1S/C10H13ClN2OS/c11-8-3-1-7(2-4-8)5-9(12)6-14-10(13)15/h1-4,9H,5-6,12H2,(H2,13,15). The van der Waals surface area contributed by atoms with Crippen LogP contribution in [0.4, 0.5) is 0 Å². The van der Waals surface area contributed by atoms with Gasteiger partial charge in [-0.1, -0.05) is 23.7 Å². The quantitative estimate of drug-likeness (QED) is 0.788. The molecule has 0 aliphatic carbocycles. The van der Waals surface area contributed by atoms with E-state index in [4.69, 9.17) is 27.8 Å². The van der Waals surface area contributed by atoms with Crippen molar-refractivity contribution in [2.75, 3.05) is 6.61 Å². The molecular weight excluding hydrogens is 232 g/mol. The number of nitrogens with two attached hydrogens (primary N) is 2. The van der Waals surface area contributed by atoms with Gasteiger partial charge in [0.15, 0.2) is 0 Å². The maximum absolute atomic E-state index is 5.82. The topological polar surface area (TPSA) is 61.3 Å². The van der Waals surface area contributed by atoms with Crippen LogP contribution in [0.15, 0.2) is 24.3 Å². The molecule has 0 aliphatic rings. The maximum atomic E-state index is 5.82. The van der Waals surface area contributed by atoms with Crippen molar-refractivity contribution >= 4 is 29.0 Å². The molecular formula is C10H13ClN2OS. The van der Waals surface area contributed by atoms with Crippen molar-refractivity contribution in [3.05, 3.63) is 34.9 Å². The lowest BCUT2D eigenvalue weighted by Crippen LogP contribution is -2.31. The van der Waals surface area contributed by atoms with Gasteiger partial charge in [-0.15, -0.1) is 0 Å². The predicted molar refractivity (Wildman–Crippen MR) is 65.9 cm³/mol. The highest BCUT2D eigenvalue weighted by Gasteiger charge is 2.05. The summed E-state index contributed by atoms with van der Waals surface area (Å²) < 4.78 is 4.96. The van der Waals surface area contributed by atoms with Gasteiger partial charge in [0, 0.05) is 11.1 Å². The first-order chi connectivity index (χ1) is 7.08. The van der Waals surface area contributed by atoms with Crippen molar-refractivity contribution in [1.29, 1.82) is 0 Å². The Morgan fingerprint density at radius 2 is 2.00 bits per heavy atom. The normalized spacial score (nSPS) is 12.1. The number of hydrogen-bond donors (Lipinski definition) is 2. The molecule has 1 aromatic carbocycles. The molecule has 0 aliphatic heterocycles. The number of halogens is 1. The van der Waals surface area contributed by atoms with Crippen molar-refractivity contribution < 1.29 is 4.74 Å². The first kappa shape index (κ1) is 12.2. The van der Waals surface area contributed by atoms with E-state index in [0.717, 1.165) is 5.56 Å². The summed E-state index contributed by atoms with van der Waals surface area (Å²) in [7, 11) is 0. The smallest absolute Gasteiger partial charge is 0.254 e. The molecule has 0 spiro atoms. The first-order valence-corrected chi connectivity index (χ1v) is 5.29. The van der Waals surface area contributed by atoms with E-state index in [9.17, 15) is 0 Å². The highest BCUT2D eigenvalue weighted by molar-refractivity contribution is 7.80. The van der Waals surface area contributed by atoms with Crippen LogP contribution in [0.25, 0.3) is 0 Å². The minimum absolute atomic E-state index is 0.0292. The molecule has 1 unspecified atom stereocenters. The molecule has 0 bridgehead atoms. The van der Waals surface area contributed by atoms with Crippen LogP contribution in [-0.4, -0.2) is 17.8 Å². The molecule has 3 nitrogen and oxygen atoms in total. The van der Waals surface area contributed by atoms with Gasteiger partial charge in [-0.2, -0.15) is 0 Å². The number of benzene rings is 1. The average Bonchev–Trinajstić information content (AvgIpc) is 2.19. The Morgan fingerprint density at radius 3 is 2.53 bits per heavy atom. The third-order valence-corrected chi connectivity index (χ3v) is 2.22. The largest absolute Gasteiger partial charge is 0.470 e. The molecule has 15 heavy (non-hydrogen) atoms. The average molecular weight is 245 g/mol. The summed E-state index contributed by atoms with van der Waals surface area (Å²) >= 11 is 10.3. The van der Waals surface area contributed by atoms with Gasteiger partial charge >= 0.3 is 0 Å². The van der Waals surface area contributed by atoms with E-state index in [1.807, 2.05) is 24.3 Å². The second kappa shape index (κ2) is 5.90. The van der Waals surface area contributed by atoms with Crippen molar-refractivity contribution in [2.45, 2.75) is 12.5 Å². The van der Waals surface area contributed by atoms with Gasteiger partial charge in [-0.3, -0.25) is 0 Å². The van der Waals surface area contributed by atoms with E-state index in [1.165, 1.54) is 0 Å². The molecule has 0 aromatic heterocycles. The van der Waals surface area contributed by atoms with Gasteiger partial charge in [0.25, 0.3) is 5.17 Å². The molecule has 1 aromatic rings. The minimum atomic E-state index is -0.118. The van der Waals surface area contributed by atoms with Crippen LogP contribution in [0.1, 0.15) is 5.56 Å². The molecule has 5 heteroatoms. The third kappa shape index (κ3) is 4.97. The molecule has 0 saturated carbocycles. The zero-order valence-electron chi connectivity index (χ0n) is 8.15. The van der Waals surface area contributed by atoms with Gasteiger partial charge in [0.1, 0.15) is 6.61 Å². The molecule has 0 heterocycles. The van der Waals surface area contributed by atoms with Crippen LogP contribution in [0.5, 0.6) is 0 Å². The lowest BCUT2D eigenvalue weighted by atomic mass is 10.1. The highest BCUT2D eigenvalue weighted by Crippen LogP contribution is 2.10. The fraction of sp³-hybridized carbons (Fsp3) is 0.300. The van der Waals surface area contributed by atoms with Crippen LogP contribution in [-0.2, 0) is 11.2 Å². The number of thiocarbonyl (C=S) groups is 1. The molecule has 82 valence electrons. The predicted octanol–water partition coefficient (Wildman–Crippen LogP) is 1.47. The van der Waals surface area contributed by atoms with Gasteiger partial charge in [0.05, 0.1) is 0 Å². The Balaban J connectivity index is 2.40. The Morgan fingerprint density at radius 1 is 1.40 bits per heavy atom. The van der Waals surface area contributed by atoms with Crippen LogP contribution >= 0.6 is 23.8 Å². The highest BCUT2D eigenvalue weighted by atomic mass is 35.5. The van der Waals surface area contributed by atoms with Crippen LogP contribution < -0.4 is 11.5 Å². The third-order valence-electron chi connectivity index (χ3n) is 1.85. The van der Waals surface area contributed by atoms with E-state index in [0.29, 0.717) is 18.1 Å². The summed E-state index contributed by atoms with van der Waals surface area (Å²) in [5.74, 6) is 0. The summed E-state index contributed by atoms with van der Waals surface area (Å²) in [6.07, 6.45) is 0.708. The molecule has 0 radical (unpaired) electrons. The summed E-state index contributed by atoms with van der Waals surface area (Å²) in [5, 5.41) is 0.744. The van der Waals surface area contributed by atoms with E-state index in [2.05, 4.69) is 12.2 Å². The molecule has 0 amide bonds. The van der Waals surface area contributed by atoms with E-state index in [1.54, 1.807) is 0 Å². The Bertz CT molecular complexity index is 329. The monoisotopic (exact) mass is 244 g/mol. The number of rotatable bonds is 4. The van der Waals surface area contributed by atoms with E-state index >= 15 is 0 Å². The Labute approximate surface area is 99.3 Å².